The SMILES string of the molecule is COc1ccc(Cl)cc1N(CC(=O)N(CCc1ccccc1)[C@H](C)C(=O)NC1CCCCC1)S(=O)(=O)c1ccc(C)c([N+](=O)[O-])c1. The predicted molar refractivity (Wildman–Crippen MR) is 177 cm³/mol. The minimum absolute atomic E-state index is 0.0136. The number of amides is 2. The van der Waals surface area contributed by atoms with Crippen molar-refractivity contribution in [3.8, 4) is 5.75 Å². The summed E-state index contributed by atoms with van der Waals surface area (Å²) in [7, 11) is -3.25. The monoisotopic (exact) mass is 670 g/mol. The van der Waals surface area contributed by atoms with Gasteiger partial charge >= 0.3 is 0 Å². The first-order valence-electron chi connectivity index (χ1n) is 15.2. The Labute approximate surface area is 274 Å². The van der Waals surface area contributed by atoms with E-state index in [0.717, 1.165) is 48.0 Å². The summed E-state index contributed by atoms with van der Waals surface area (Å²) >= 11 is 6.29. The zero-order valence-electron chi connectivity index (χ0n) is 26.1. The number of methoxy groups -OCH3 is 1. The quantitative estimate of drug-likeness (QED) is 0.183. The predicted octanol–water partition coefficient (Wildman–Crippen LogP) is 5.67. The molecule has 0 saturated heterocycles. The van der Waals surface area contributed by atoms with Gasteiger partial charge in [-0.25, -0.2) is 8.42 Å². The summed E-state index contributed by atoms with van der Waals surface area (Å²) in [4.78, 5) is 39.7. The highest BCUT2D eigenvalue weighted by Crippen LogP contribution is 2.36. The van der Waals surface area contributed by atoms with E-state index in [2.05, 4.69) is 5.32 Å². The molecule has 1 N–H and O–H groups in total. The highest BCUT2D eigenvalue weighted by Gasteiger charge is 2.35. The third-order valence-electron chi connectivity index (χ3n) is 8.26. The number of halogens is 1. The molecule has 0 radical (unpaired) electrons. The molecule has 0 aliphatic heterocycles. The zero-order valence-corrected chi connectivity index (χ0v) is 27.7. The lowest BCUT2D eigenvalue weighted by Crippen LogP contribution is -2.53. The van der Waals surface area contributed by atoms with Crippen LogP contribution in [-0.2, 0) is 26.0 Å². The first-order chi connectivity index (χ1) is 21.9. The molecule has 1 aliphatic carbocycles. The van der Waals surface area contributed by atoms with E-state index in [4.69, 9.17) is 16.3 Å². The van der Waals surface area contributed by atoms with Gasteiger partial charge in [0.05, 0.1) is 22.6 Å². The normalized spacial score (nSPS) is 14.3. The van der Waals surface area contributed by atoms with Crippen LogP contribution in [0, 0.1) is 17.0 Å². The molecule has 1 atom stereocenters. The number of carbonyl (C=O) groups is 2. The van der Waals surface area contributed by atoms with Crippen LogP contribution < -0.4 is 14.4 Å². The number of sulfonamides is 1. The lowest BCUT2D eigenvalue weighted by molar-refractivity contribution is -0.385. The maximum absolute atomic E-state index is 14.3. The third-order valence-corrected chi connectivity index (χ3v) is 10.2. The van der Waals surface area contributed by atoms with Gasteiger partial charge in [0.25, 0.3) is 15.7 Å². The fourth-order valence-corrected chi connectivity index (χ4v) is 7.19. The van der Waals surface area contributed by atoms with E-state index in [1.165, 1.54) is 49.3 Å². The van der Waals surface area contributed by atoms with Gasteiger partial charge in [-0.15, -0.1) is 0 Å². The van der Waals surface area contributed by atoms with Gasteiger partial charge in [0, 0.05) is 29.2 Å². The lowest BCUT2D eigenvalue weighted by Gasteiger charge is -2.33. The van der Waals surface area contributed by atoms with E-state index in [1.807, 2.05) is 30.3 Å². The van der Waals surface area contributed by atoms with Crippen molar-refractivity contribution in [2.45, 2.75) is 69.4 Å². The summed E-state index contributed by atoms with van der Waals surface area (Å²) in [5.41, 5.74) is 0.793. The molecular formula is C33H39ClN4O7S. The lowest BCUT2D eigenvalue weighted by atomic mass is 9.95. The molecule has 0 bridgehead atoms. The number of hydrogen-bond donors (Lipinski definition) is 1. The zero-order chi connectivity index (χ0) is 33.4. The Balaban J connectivity index is 1.74. The van der Waals surface area contributed by atoms with Crippen LogP contribution >= 0.6 is 11.6 Å². The summed E-state index contributed by atoms with van der Waals surface area (Å²) in [5.74, 6) is -0.854. The number of nitro groups is 1. The van der Waals surface area contributed by atoms with Gasteiger partial charge in [-0.3, -0.25) is 24.0 Å². The van der Waals surface area contributed by atoms with E-state index >= 15 is 0 Å². The molecule has 0 heterocycles. The largest absolute Gasteiger partial charge is 0.495 e. The van der Waals surface area contributed by atoms with Crippen LogP contribution in [-0.4, -0.2) is 62.3 Å². The number of nitrogens with zero attached hydrogens (tertiary/aromatic N) is 3. The number of benzene rings is 3. The molecule has 13 heteroatoms. The molecule has 1 saturated carbocycles. The third kappa shape index (κ3) is 8.35. The first kappa shape index (κ1) is 34.7. The smallest absolute Gasteiger partial charge is 0.273 e. The molecule has 3 aromatic carbocycles. The molecule has 46 heavy (non-hydrogen) atoms. The van der Waals surface area contributed by atoms with Gasteiger partial charge in [0.1, 0.15) is 18.3 Å². The van der Waals surface area contributed by atoms with E-state index in [9.17, 15) is 28.1 Å². The van der Waals surface area contributed by atoms with Gasteiger partial charge in [-0.2, -0.15) is 0 Å². The maximum Gasteiger partial charge on any atom is 0.273 e. The van der Waals surface area contributed by atoms with Gasteiger partial charge in [-0.05, 0) is 62.9 Å². The fraction of sp³-hybridized carbons (Fsp3) is 0.394. The van der Waals surface area contributed by atoms with Gasteiger partial charge in [0.2, 0.25) is 11.8 Å². The highest BCUT2D eigenvalue weighted by molar-refractivity contribution is 7.92. The minimum atomic E-state index is -4.60. The van der Waals surface area contributed by atoms with E-state index < -0.39 is 38.3 Å². The first-order valence-corrected chi connectivity index (χ1v) is 17.0. The summed E-state index contributed by atoms with van der Waals surface area (Å²) in [6, 6.07) is 16.4. The molecule has 246 valence electrons. The Bertz CT molecular complexity index is 1660. The van der Waals surface area contributed by atoms with Crippen LogP contribution in [0.1, 0.15) is 50.2 Å². The Kier molecular flexibility index (Phi) is 11.6. The van der Waals surface area contributed by atoms with E-state index in [-0.39, 0.29) is 46.2 Å². The molecule has 2 amide bonds. The number of hydrogen-bond acceptors (Lipinski definition) is 7. The Morgan fingerprint density at radius 2 is 1.76 bits per heavy atom. The number of aryl methyl sites for hydroxylation is 1. The average Bonchev–Trinajstić information content (AvgIpc) is 3.04. The van der Waals surface area contributed by atoms with Crippen LogP contribution in [0.5, 0.6) is 5.75 Å². The molecule has 1 aliphatic rings. The number of ether oxygens (including phenoxy) is 1. The van der Waals surface area contributed by atoms with Crippen molar-refractivity contribution in [3.05, 3.63) is 93.0 Å². The molecule has 1 fully saturated rings. The van der Waals surface area contributed by atoms with Crippen LogP contribution in [0.25, 0.3) is 0 Å². The molecule has 0 unspecified atom stereocenters. The van der Waals surface area contributed by atoms with Crippen LogP contribution in [0.15, 0.2) is 71.6 Å². The Morgan fingerprint density at radius 1 is 1.07 bits per heavy atom. The van der Waals surface area contributed by atoms with E-state index in [0.29, 0.717) is 6.42 Å². The molecule has 0 aromatic heterocycles. The topological polar surface area (TPSA) is 139 Å². The second-order valence-electron chi connectivity index (χ2n) is 11.4. The number of nitro benzene ring substituents is 1. The second kappa shape index (κ2) is 15.4. The minimum Gasteiger partial charge on any atom is -0.495 e. The van der Waals surface area contributed by atoms with Crippen molar-refractivity contribution in [3.63, 3.8) is 0 Å². The number of rotatable bonds is 13. The molecular weight excluding hydrogens is 632 g/mol. The fourth-order valence-electron chi connectivity index (χ4n) is 5.58. The summed E-state index contributed by atoms with van der Waals surface area (Å²) in [5, 5.41) is 14.9. The summed E-state index contributed by atoms with van der Waals surface area (Å²) in [6.07, 6.45) is 5.29. The van der Waals surface area contributed by atoms with Crippen LogP contribution in [0.4, 0.5) is 11.4 Å². The standard InChI is InChI=1S/C33H39ClN4O7S/c1-23-14-16-28(21-29(23)38(41)42)46(43,44)37(30-20-26(34)15-17-31(30)45-3)22-32(39)36(19-18-25-10-6-4-7-11-25)24(2)33(40)35-27-12-8-5-9-13-27/h4,6-7,10-11,14-17,20-21,24,27H,5,8-9,12-13,18-19,22H2,1-3H3,(H,35,40)/t24-/m1/s1. The van der Waals surface area contributed by atoms with Crippen molar-refractivity contribution in [1.29, 1.82) is 0 Å². The van der Waals surface area contributed by atoms with E-state index in [1.54, 1.807) is 6.92 Å². The molecule has 11 nitrogen and oxygen atoms in total. The van der Waals surface area contributed by atoms with Gasteiger partial charge in [0.15, 0.2) is 0 Å². The van der Waals surface area contributed by atoms with Crippen molar-refractivity contribution in [2.75, 3.05) is 24.5 Å². The highest BCUT2D eigenvalue weighted by atomic mass is 35.5. The second-order valence-corrected chi connectivity index (χ2v) is 13.7. The molecule has 3 aromatic rings. The number of anilines is 1. The van der Waals surface area contributed by atoms with Crippen LogP contribution in [0.3, 0.4) is 0 Å². The average molecular weight is 671 g/mol. The van der Waals surface area contributed by atoms with Crippen molar-refractivity contribution in [1.82, 2.24) is 10.2 Å². The summed E-state index contributed by atoms with van der Waals surface area (Å²) < 4.78 is 34.8. The van der Waals surface area contributed by atoms with Gasteiger partial charge < -0.3 is 15.0 Å². The Hall–Kier alpha value is -4.16. The van der Waals surface area contributed by atoms with Crippen molar-refractivity contribution >= 4 is 44.8 Å². The van der Waals surface area contributed by atoms with Crippen molar-refractivity contribution in [2.24, 2.45) is 0 Å². The molecule has 4 rings (SSSR count). The Morgan fingerprint density at radius 3 is 2.41 bits per heavy atom. The van der Waals surface area contributed by atoms with Crippen molar-refractivity contribution < 1.29 is 27.7 Å². The number of carbonyl (C=O) groups excluding carboxylic acids is 2. The van der Waals surface area contributed by atoms with Gasteiger partial charge in [-0.1, -0.05) is 67.3 Å². The molecule has 0 spiro atoms. The van der Waals surface area contributed by atoms with Crippen LogP contribution in [0.2, 0.25) is 5.02 Å². The number of nitrogens with one attached hydrogen (secondary N) is 1. The maximum atomic E-state index is 14.3. The summed E-state index contributed by atoms with van der Waals surface area (Å²) in [6.45, 7) is 2.54.